The second-order valence-electron chi connectivity index (χ2n) is 9.96. The van der Waals surface area contributed by atoms with Gasteiger partial charge in [-0.05, 0) is 55.9 Å². The molecule has 1 amide bonds. The minimum atomic E-state index is -0.218. The third-order valence-electron chi connectivity index (χ3n) is 7.29. The number of carbonyl (C=O) groups excluding carboxylic acids is 1. The maximum atomic E-state index is 13.9. The van der Waals surface area contributed by atoms with Gasteiger partial charge in [0, 0.05) is 43.9 Å². The first-order chi connectivity index (χ1) is 18.3. The Morgan fingerprint density at radius 3 is 2.74 bits per heavy atom. The van der Waals surface area contributed by atoms with Crippen LogP contribution in [-0.4, -0.2) is 60.4 Å². The SMILES string of the molecule is C=C(C1CCCCC1C)N(CCCN(CCNC=O)c1cc(OC)ncn1)/N=C(\C)c1ccc(F)c(C)c1. The third-order valence-corrected chi connectivity index (χ3v) is 7.29. The van der Waals surface area contributed by atoms with E-state index in [9.17, 15) is 9.18 Å². The molecule has 2 unspecified atom stereocenters. The van der Waals surface area contributed by atoms with Crippen molar-refractivity contribution >= 4 is 17.9 Å². The van der Waals surface area contributed by atoms with Crippen LogP contribution in [0.15, 0.2) is 48.0 Å². The zero-order valence-electron chi connectivity index (χ0n) is 23.1. The lowest BCUT2D eigenvalue weighted by atomic mass is 9.78. The summed E-state index contributed by atoms with van der Waals surface area (Å²) in [5, 5.41) is 9.77. The lowest BCUT2D eigenvalue weighted by molar-refractivity contribution is -0.109. The average molecular weight is 525 g/mol. The number of halogens is 1. The molecule has 206 valence electrons. The Bertz CT molecular complexity index is 1110. The number of nitrogens with one attached hydrogen (secondary N) is 1. The number of anilines is 1. The van der Waals surface area contributed by atoms with Gasteiger partial charge in [0.1, 0.15) is 18.0 Å². The second-order valence-corrected chi connectivity index (χ2v) is 9.96. The molecule has 8 nitrogen and oxygen atoms in total. The molecule has 1 N–H and O–H groups in total. The van der Waals surface area contributed by atoms with Gasteiger partial charge < -0.3 is 15.0 Å². The highest BCUT2D eigenvalue weighted by atomic mass is 19.1. The zero-order valence-corrected chi connectivity index (χ0v) is 23.1. The fraction of sp³-hybridized carbons (Fsp3) is 0.517. The van der Waals surface area contributed by atoms with Gasteiger partial charge in [0.15, 0.2) is 0 Å². The van der Waals surface area contributed by atoms with Crippen molar-refractivity contribution in [3.05, 3.63) is 59.8 Å². The molecule has 0 aliphatic heterocycles. The van der Waals surface area contributed by atoms with Gasteiger partial charge in [-0.2, -0.15) is 5.10 Å². The molecule has 1 heterocycles. The number of methoxy groups -OCH3 is 1. The van der Waals surface area contributed by atoms with Crippen molar-refractivity contribution in [3.63, 3.8) is 0 Å². The molecule has 0 bridgehead atoms. The molecule has 2 aromatic rings. The van der Waals surface area contributed by atoms with Gasteiger partial charge in [-0.1, -0.05) is 38.8 Å². The highest BCUT2D eigenvalue weighted by molar-refractivity contribution is 5.98. The molecular weight excluding hydrogens is 483 g/mol. The number of hydrazone groups is 1. The largest absolute Gasteiger partial charge is 0.481 e. The first-order valence-corrected chi connectivity index (χ1v) is 13.4. The third kappa shape index (κ3) is 8.00. The van der Waals surface area contributed by atoms with Crippen LogP contribution < -0.4 is 15.0 Å². The Hall–Kier alpha value is -3.49. The van der Waals surface area contributed by atoms with Crippen LogP contribution in [-0.2, 0) is 4.79 Å². The Balaban J connectivity index is 1.80. The molecule has 1 saturated carbocycles. The Kier molecular flexibility index (Phi) is 11.1. The van der Waals surface area contributed by atoms with Crippen LogP contribution in [0.3, 0.4) is 0 Å². The van der Waals surface area contributed by atoms with Crippen molar-refractivity contribution in [2.45, 2.75) is 52.9 Å². The molecule has 0 saturated heterocycles. The van der Waals surface area contributed by atoms with Crippen molar-refractivity contribution in [2.75, 3.05) is 38.2 Å². The van der Waals surface area contributed by atoms with Crippen LogP contribution in [0.1, 0.15) is 57.1 Å². The number of rotatable bonds is 14. The predicted molar refractivity (Wildman–Crippen MR) is 150 cm³/mol. The summed E-state index contributed by atoms with van der Waals surface area (Å²) < 4.78 is 19.1. The topological polar surface area (TPSA) is 83.0 Å². The Morgan fingerprint density at radius 1 is 1.24 bits per heavy atom. The van der Waals surface area contributed by atoms with Crippen LogP contribution >= 0.6 is 0 Å². The van der Waals surface area contributed by atoms with Crippen molar-refractivity contribution in [1.29, 1.82) is 0 Å². The van der Waals surface area contributed by atoms with E-state index in [1.807, 2.05) is 18.0 Å². The average Bonchev–Trinajstić information content (AvgIpc) is 2.93. The minimum Gasteiger partial charge on any atom is -0.481 e. The Morgan fingerprint density at radius 2 is 2.03 bits per heavy atom. The lowest BCUT2D eigenvalue weighted by Gasteiger charge is -2.35. The lowest BCUT2D eigenvalue weighted by Crippen LogP contribution is -2.35. The second kappa shape index (κ2) is 14.4. The van der Waals surface area contributed by atoms with E-state index in [0.717, 1.165) is 35.6 Å². The number of ether oxygens (including phenoxy) is 1. The van der Waals surface area contributed by atoms with Crippen LogP contribution in [0.25, 0.3) is 0 Å². The standard InChI is InChI=1S/C29H41FN6O2/c1-21-9-6-7-10-26(21)24(4)36(34-23(3)25-11-12-27(30)22(2)17-25)15-8-14-35(16-13-31-20-37)28-18-29(38-5)33-19-32-28/h11-12,17-21,26H,4,6-10,13-16H2,1-3,5H3,(H,31,37)/b34-23+. The van der Waals surface area contributed by atoms with Crippen molar-refractivity contribution < 1.29 is 13.9 Å². The molecule has 3 rings (SSSR count). The van der Waals surface area contributed by atoms with Gasteiger partial charge in [-0.3, -0.25) is 9.80 Å². The quantitative estimate of drug-likeness (QED) is 0.163. The number of allylic oxidation sites excluding steroid dienone is 1. The highest BCUT2D eigenvalue weighted by Crippen LogP contribution is 2.35. The van der Waals surface area contributed by atoms with E-state index in [0.29, 0.717) is 55.9 Å². The van der Waals surface area contributed by atoms with E-state index >= 15 is 0 Å². The maximum Gasteiger partial charge on any atom is 0.218 e. The fourth-order valence-electron chi connectivity index (χ4n) is 4.99. The van der Waals surface area contributed by atoms with Crippen LogP contribution in [0.2, 0.25) is 0 Å². The Labute approximate surface area is 226 Å². The molecule has 0 spiro atoms. The van der Waals surface area contributed by atoms with Crippen molar-refractivity contribution in [2.24, 2.45) is 16.9 Å². The molecule has 1 fully saturated rings. The molecule has 1 aliphatic carbocycles. The minimum absolute atomic E-state index is 0.218. The van der Waals surface area contributed by atoms with Crippen molar-refractivity contribution in [3.8, 4) is 5.88 Å². The number of benzene rings is 1. The number of amides is 1. The summed E-state index contributed by atoms with van der Waals surface area (Å²) >= 11 is 0. The summed E-state index contributed by atoms with van der Waals surface area (Å²) in [4.78, 5) is 21.4. The summed E-state index contributed by atoms with van der Waals surface area (Å²) in [5.74, 6) is 1.94. The molecule has 38 heavy (non-hydrogen) atoms. The first-order valence-electron chi connectivity index (χ1n) is 13.4. The fourth-order valence-corrected chi connectivity index (χ4v) is 4.99. The van der Waals surface area contributed by atoms with E-state index in [1.165, 1.54) is 31.7 Å². The maximum absolute atomic E-state index is 13.9. The van der Waals surface area contributed by atoms with Crippen LogP contribution in [0, 0.1) is 24.6 Å². The number of nitrogens with zero attached hydrogens (tertiary/aromatic N) is 5. The van der Waals surface area contributed by atoms with E-state index in [2.05, 4.69) is 33.7 Å². The summed E-state index contributed by atoms with van der Waals surface area (Å²) in [7, 11) is 1.57. The smallest absolute Gasteiger partial charge is 0.218 e. The van der Waals surface area contributed by atoms with Crippen molar-refractivity contribution in [1.82, 2.24) is 20.3 Å². The molecular formula is C29H41FN6O2. The van der Waals surface area contributed by atoms with Crippen LogP contribution in [0.5, 0.6) is 5.88 Å². The van der Waals surface area contributed by atoms with Gasteiger partial charge in [0.25, 0.3) is 0 Å². The summed E-state index contributed by atoms with van der Waals surface area (Å²) in [6, 6.07) is 6.89. The highest BCUT2D eigenvalue weighted by Gasteiger charge is 2.27. The van der Waals surface area contributed by atoms with E-state index in [1.54, 1.807) is 26.2 Å². The van der Waals surface area contributed by atoms with E-state index < -0.39 is 0 Å². The number of aryl methyl sites for hydroxylation is 1. The van der Waals surface area contributed by atoms with Gasteiger partial charge in [0.05, 0.1) is 12.8 Å². The van der Waals surface area contributed by atoms with Crippen LogP contribution in [0.4, 0.5) is 10.2 Å². The molecule has 0 radical (unpaired) electrons. The van der Waals surface area contributed by atoms with Gasteiger partial charge in [0.2, 0.25) is 12.3 Å². The predicted octanol–water partition coefficient (Wildman–Crippen LogP) is 4.94. The van der Waals surface area contributed by atoms with E-state index in [4.69, 9.17) is 9.84 Å². The molecule has 9 heteroatoms. The summed E-state index contributed by atoms with van der Waals surface area (Å²) in [5.41, 5.74) is 3.36. The van der Waals surface area contributed by atoms with E-state index in [-0.39, 0.29) is 5.82 Å². The number of aromatic nitrogens is 2. The molecule has 1 aromatic heterocycles. The molecule has 2 atom stereocenters. The van der Waals surface area contributed by atoms with Gasteiger partial charge in [-0.25, -0.2) is 14.4 Å². The summed E-state index contributed by atoms with van der Waals surface area (Å²) in [6.45, 7) is 13.0. The molecule has 1 aliphatic rings. The monoisotopic (exact) mass is 524 g/mol. The number of hydrogen-bond donors (Lipinski definition) is 1. The number of hydrogen-bond acceptors (Lipinski definition) is 7. The first kappa shape index (κ1) is 29.1. The number of carbonyl (C=O) groups is 1. The van der Waals surface area contributed by atoms with Gasteiger partial charge >= 0.3 is 0 Å². The molecule has 1 aromatic carbocycles. The normalized spacial score (nSPS) is 17.6. The van der Waals surface area contributed by atoms with Gasteiger partial charge in [-0.15, -0.1) is 0 Å². The summed E-state index contributed by atoms with van der Waals surface area (Å²) in [6.07, 6.45) is 7.74. The zero-order chi connectivity index (χ0) is 27.5.